The summed E-state index contributed by atoms with van der Waals surface area (Å²) in [6, 6.07) is 11.5. The third-order valence-electron chi connectivity index (χ3n) is 2.74. The fourth-order valence-corrected chi connectivity index (χ4v) is 1.94. The van der Waals surface area contributed by atoms with Gasteiger partial charge in [-0.05, 0) is 30.7 Å². The molecule has 5 nitrogen and oxygen atoms in total. The van der Waals surface area contributed by atoms with E-state index in [9.17, 15) is 10.1 Å². The van der Waals surface area contributed by atoms with Crippen molar-refractivity contribution < 1.29 is 9.66 Å². The maximum atomic E-state index is 10.7. The van der Waals surface area contributed by atoms with Gasteiger partial charge in [0.2, 0.25) is 0 Å². The van der Waals surface area contributed by atoms with Crippen LogP contribution >= 0.6 is 11.6 Å². The third-order valence-corrected chi connectivity index (χ3v) is 3.04. The maximum absolute atomic E-state index is 10.7. The molecule has 1 unspecified atom stereocenters. The third kappa shape index (κ3) is 3.26. The van der Waals surface area contributed by atoms with Gasteiger partial charge in [0.05, 0.1) is 4.92 Å². The van der Waals surface area contributed by atoms with Gasteiger partial charge < -0.3 is 10.5 Å². The van der Waals surface area contributed by atoms with Crippen molar-refractivity contribution in [2.24, 2.45) is 5.73 Å². The van der Waals surface area contributed by atoms with Crippen LogP contribution in [0.5, 0.6) is 11.5 Å². The summed E-state index contributed by atoms with van der Waals surface area (Å²) in [7, 11) is 0. The average molecular weight is 293 g/mol. The van der Waals surface area contributed by atoms with Crippen LogP contribution in [0, 0.1) is 10.1 Å². The van der Waals surface area contributed by atoms with Gasteiger partial charge in [0.15, 0.2) is 0 Å². The first-order valence-electron chi connectivity index (χ1n) is 5.94. The van der Waals surface area contributed by atoms with E-state index in [4.69, 9.17) is 22.1 Å². The number of hydrogen-bond acceptors (Lipinski definition) is 4. The number of nitro benzene ring substituents is 1. The lowest BCUT2D eigenvalue weighted by molar-refractivity contribution is -0.384. The van der Waals surface area contributed by atoms with Gasteiger partial charge in [-0.2, -0.15) is 0 Å². The highest BCUT2D eigenvalue weighted by molar-refractivity contribution is 6.32. The van der Waals surface area contributed by atoms with Gasteiger partial charge in [-0.3, -0.25) is 10.1 Å². The fraction of sp³-hybridized carbons (Fsp3) is 0.143. The standard InChI is InChI=1S/C14H13ClN2O3/c1-9(16)10-3-2-4-11(7-10)20-12-5-6-14(17(18)19)13(15)8-12/h2-9H,16H2,1H3. The van der Waals surface area contributed by atoms with E-state index in [0.29, 0.717) is 11.5 Å². The molecule has 0 amide bonds. The van der Waals surface area contributed by atoms with Crippen molar-refractivity contribution in [2.45, 2.75) is 13.0 Å². The molecule has 0 aliphatic carbocycles. The zero-order valence-electron chi connectivity index (χ0n) is 10.7. The summed E-state index contributed by atoms with van der Waals surface area (Å²) in [4.78, 5) is 10.1. The van der Waals surface area contributed by atoms with E-state index in [1.807, 2.05) is 25.1 Å². The van der Waals surface area contributed by atoms with Crippen LogP contribution in [0.4, 0.5) is 5.69 Å². The molecule has 20 heavy (non-hydrogen) atoms. The minimum absolute atomic E-state index is 0.0378. The van der Waals surface area contributed by atoms with Crippen LogP contribution in [0.25, 0.3) is 0 Å². The second kappa shape index (κ2) is 5.90. The van der Waals surface area contributed by atoms with Gasteiger partial charge in [-0.1, -0.05) is 23.7 Å². The van der Waals surface area contributed by atoms with Gasteiger partial charge in [0.1, 0.15) is 16.5 Å². The van der Waals surface area contributed by atoms with E-state index >= 15 is 0 Å². The highest BCUT2D eigenvalue weighted by atomic mass is 35.5. The Morgan fingerprint density at radius 2 is 1.95 bits per heavy atom. The summed E-state index contributed by atoms with van der Waals surface area (Å²) >= 11 is 5.83. The molecule has 1 atom stereocenters. The van der Waals surface area contributed by atoms with Gasteiger partial charge in [0.25, 0.3) is 5.69 Å². The average Bonchev–Trinajstić information content (AvgIpc) is 2.38. The van der Waals surface area contributed by atoms with Crippen LogP contribution in [0.3, 0.4) is 0 Å². The summed E-state index contributed by atoms with van der Waals surface area (Å²) in [6.07, 6.45) is 0. The Labute approximate surface area is 121 Å². The molecular weight excluding hydrogens is 280 g/mol. The van der Waals surface area contributed by atoms with E-state index < -0.39 is 4.92 Å². The Bertz CT molecular complexity index is 644. The molecule has 0 aromatic heterocycles. The SMILES string of the molecule is CC(N)c1cccc(Oc2ccc([N+](=O)[O-])c(Cl)c2)c1. The smallest absolute Gasteiger partial charge is 0.288 e. The Balaban J connectivity index is 2.24. The monoisotopic (exact) mass is 292 g/mol. The highest BCUT2D eigenvalue weighted by Gasteiger charge is 2.13. The van der Waals surface area contributed by atoms with E-state index in [0.717, 1.165) is 5.56 Å². The summed E-state index contributed by atoms with van der Waals surface area (Å²) < 4.78 is 5.62. The Kier molecular flexibility index (Phi) is 4.22. The van der Waals surface area contributed by atoms with Crippen molar-refractivity contribution in [1.82, 2.24) is 0 Å². The summed E-state index contributed by atoms with van der Waals surface area (Å²) in [5, 5.41) is 10.7. The molecular formula is C14H13ClN2O3. The van der Waals surface area contributed by atoms with E-state index in [1.165, 1.54) is 18.2 Å². The predicted octanol–water partition coefficient (Wildman–Crippen LogP) is 4.06. The molecule has 6 heteroatoms. The molecule has 2 N–H and O–H groups in total. The zero-order chi connectivity index (χ0) is 14.7. The Morgan fingerprint density at radius 1 is 1.25 bits per heavy atom. The molecule has 2 aromatic rings. The molecule has 2 aromatic carbocycles. The number of benzene rings is 2. The van der Waals surface area contributed by atoms with Gasteiger partial charge in [-0.25, -0.2) is 0 Å². The molecule has 0 saturated carbocycles. The van der Waals surface area contributed by atoms with Crippen LogP contribution in [-0.4, -0.2) is 4.92 Å². The van der Waals surface area contributed by atoms with Crippen molar-refractivity contribution in [2.75, 3.05) is 0 Å². The van der Waals surface area contributed by atoms with Crippen LogP contribution in [0.15, 0.2) is 42.5 Å². The number of nitrogens with zero attached hydrogens (tertiary/aromatic N) is 1. The van der Waals surface area contributed by atoms with Crippen molar-refractivity contribution in [1.29, 1.82) is 0 Å². The van der Waals surface area contributed by atoms with Crippen molar-refractivity contribution in [3.63, 3.8) is 0 Å². The summed E-state index contributed by atoms with van der Waals surface area (Å²) in [5.41, 5.74) is 6.59. The molecule has 0 fully saturated rings. The van der Waals surface area contributed by atoms with Crippen LogP contribution in [0.2, 0.25) is 5.02 Å². The van der Waals surface area contributed by atoms with Crippen LogP contribution < -0.4 is 10.5 Å². The lowest BCUT2D eigenvalue weighted by Crippen LogP contribution is -2.04. The lowest BCUT2D eigenvalue weighted by atomic mass is 10.1. The summed E-state index contributed by atoms with van der Waals surface area (Å²) in [6.45, 7) is 1.88. The molecule has 0 bridgehead atoms. The predicted molar refractivity (Wildman–Crippen MR) is 77.2 cm³/mol. The molecule has 0 heterocycles. The topological polar surface area (TPSA) is 78.4 Å². The first kappa shape index (κ1) is 14.3. The number of nitrogens with two attached hydrogens (primary N) is 1. The molecule has 104 valence electrons. The Morgan fingerprint density at radius 3 is 2.55 bits per heavy atom. The highest BCUT2D eigenvalue weighted by Crippen LogP contribution is 2.31. The molecule has 0 aliphatic heterocycles. The van der Waals surface area contributed by atoms with Gasteiger partial charge in [0, 0.05) is 18.2 Å². The first-order valence-corrected chi connectivity index (χ1v) is 6.32. The van der Waals surface area contributed by atoms with Crippen molar-refractivity contribution >= 4 is 17.3 Å². The second-order valence-electron chi connectivity index (χ2n) is 4.33. The molecule has 2 rings (SSSR count). The van der Waals surface area contributed by atoms with E-state index in [1.54, 1.807) is 6.07 Å². The fourth-order valence-electron chi connectivity index (χ4n) is 1.70. The zero-order valence-corrected chi connectivity index (χ0v) is 11.5. The molecule has 0 aliphatic rings. The number of halogens is 1. The molecule has 0 spiro atoms. The Hall–Kier alpha value is -2.11. The largest absolute Gasteiger partial charge is 0.457 e. The minimum atomic E-state index is -0.539. The number of ether oxygens (including phenoxy) is 1. The van der Waals surface area contributed by atoms with Gasteiger partial charge >= 0.3 is 0 Å². The van der Waals surface area contributed by atoms with E-state index in [-0.39, 0.29) is 16.8 Å². The van der Waals surface area contributed by atoms with Crippen LogP contribution in [-0.2, 0) is 0 Å². The van der Waals surface area contributed by atoms with Gasteiger partial charge in [-0.15, -0.1) is 0 Å². The summed E-state index contributed by atoms with van der Waals surface area (Å²) in [5.74, 6) is 1.03. The second-order valence-corrected chi connectivity index (χ2v) is 4.74. The number of nitro groups is 1. The van der Waals surface area contributed by atoms with Crippen LogP contribution in [0.1, 0.15) is 18.5 Å². The molecule has 0 radical (unpaired) electrons. The van der Waals surface area contributed by atoms with Crippen molar-refractivity contribution in [3.05, 3.63) is 63.2 Å². The van der Waals surface area contributed by atoms with E-state index in [2.05, 4.69) is 0 Å². The quantitative estimate of drug-likeness (QED) is 0.681. The minimum Gasteiger partial charge on any atom is -0.457 e. The maximum Gasteiger partial charge on any atom is 0.288 e. The molecule has 0 saturated heterocycles. The number of hydrogen-bond donors (Lipinski definition) is 1. The lowest BCUT2D eigenvalue weighted by Gasteiger charge is -2.10. The number of rotatable bonds is 4. The first-order chi connectivity index (χ1) is 9.47. The van der Waals surface area contributed by atoms with Crippen molar-refractivity contribution in [3.8, 4) is 11.5 Å². The normalized spacial score (nSPS) is 11.9.